The Bertz CT molecular complexity index is 4590. The minimum Gasteiger partial charge on any atom is -0.481 e. The Morgan fingerprint density at radius 1 is 0.440 bits per heavy atom. The monoisotopic (exact) mass is 1710 g/mol. The highest BCUT2D eigenvalue weighted by Gasteiger charge is 2.54. The second-order valence-electron chi connectivity index (χ2n) is 35.4. The number of rotatable bonds is 21. The number of aryl methyl sites for hydroxylation is 4. The number of anilines is 6. The van der Waals surface area contributed by atoms with Gasteiger partial charge >= 0.3 is 30.3 Å². The van der Waals surface area contributed by atoms with E-state index in [1.54, 1.807) is 37.8 Å². The fourth-order valence-electron chi connectivity index (χ4n) is 18.7. The number of benzene rings is 3. The summed E-state index contributed by atoms with van der Waals surface area (Å²) < 4.78 is 83.1. The van der Waals surface area contributed by atoms with Gasteiger partial charge in [0.05, 0.1) is 40.1 Å². The molecular weight excluding hydrogens is 1610 g/mol. The van der Waals surface area contributed by atoms with E-state index in [0.717, 1.165) is 136 Å². The lowest BCUT2D eigenvalue weighted by atomic mass is 9.65. The van der Waals surface area contributed by atoms with Crippen LogP contribution in [0.4, 0.5) is 61.6 Å². The molecule has 116 heavy (non-hydrogen) atoms. The van der Waals surface area contributed by atoms with E-state index in [4.69, 9.17) is 68.0 Å². The van der Waals surface area contributed by atoms with Gasteiger partial charge in [-0.2, -0.15) is 41.3 Å². The van der Waals surface area contributed by atoms with Gasteiger partial charge < -0.3 is 60.7 Å². The van der Waals surface area contributed by atoms with E-state index in [-0.39, 0.29) is 35.6 Å². The zero-order valence-corrected chi connectivity index (χ0v) is 71.0. The number of carbonyl (C=O) groups is 3. The average molecular weight is 1710 g/mol. The van der Waals surface area contributed by atoms with Crippen molar-refractivity contribution in [3.63, 3.8) is 0 Å². The van der Waals surface area contributed by atoms with E-state index >= 15 is 0 Å². The maximum absolute atomic E-state index is 13.9. The fraction of sp³-hybridized carbons (Fsp3) is 0.607. The number of nitrogens with zero attached hydrogens (tertiary/aromatic N) is 12. The molecule has 6 aliphatic heterocycles. The predicted octanol–water partition coefficient (Wildman–Crippen LogP) is 18.7. The molecule has 3 saturated carbocycles. The van der Waals surface area contributed by atoms with Crippen molar-refractivity contribution in [2.75, 3.05) is 109 Å². The van der Waals surface area contributed by atoms with E-state index in [9.17, 15) is 56.0 Å². The fourth-order valence-corrected chi connectivity index (χ4v) is 20.3. The highest BCUT2D eigenvalue weighted by molar-refractivity contribution is 6.34. The summed E-state index contributed by atoms with van der Waals surface area (Å²) in [7, 11) is 0. The molecule has 3 aromatic heterocycles. The Labute approximate surface area is 699 Å². The van der Waals surface area contributed by atoms with Gasteiger partial charge in [-0.15, -0.1) is 0 Å². The quantitative estimate of drug-likeness (QED) is 0.0367. The number of nitrogens with one attached hydrogen (secondary N) is 3. The number of carboxylic acids is 3. The molecule has 0 bridgehead atoms. The first kappa shape index (κ1) is 86.9. The molecule has 9 aliphatic rings. The Hall–Kier alpha value is -6.98. The van der Waals surface area contributed by atoms with Crippen molar-refractivity contribution in [1.29, 1.82) is 0 Å². The van der Waals surface area contributed by atoms with Crippen molar-refractivity contribution < 1.29 is 56.0 Å². The first-order valence-electron chi connectivity index (χ1n) is 40.5. The molecule has 0 spiro atoms. The van der Waals surface area contributed by atoms with Crippen LogP contribution in [0.25, 0.3) is 0 Å². The minimum absolute atomic E-state index is 0.00145. The van der Waals surface area contributed by atoms with Crippen LogP contribution in [0.1, 0.15) is 187 Å². The lowest BCUT2D eigenvalue weighted by molar-refractivity contribution is -0.159. The molecule has 0 amide bonds. The van der Waals surface area contributed by atoms with Gasteiger partial charge in [0, 0.05) is 98.3 Å². The van der Waals surface area contributed by atoms with E-state index in [1.165, 1.54) is 12.8 Å². The number of halogens is 11. The standard InChI is InChI=1S/C28H34Cl2F3N5O2.C28H37Cl2N5O2.C28H35ClF3N5O2/c1-15-6-7-20(21(29)9-15)16(2)34-24-22(30)23(28(31,32)33)35-26(36-24)38-13-18(14-38)17-5-4-8-37(12-17)19-10-27(3,11-19)25(39)40;1-16-7-8-22(23(29)10-16)17(2)31-25-24(30)18(3)32-27(33-25)35-14-20(15-35)19-6-5-9-34(13-19)21-11-28(4,12-21)26(36)37;1-16-6-7-21(23(29)9-16)17(2)34-24-22(28(30,31)32)12-33-26(35-24)37-14-19(15-37)18-5-4-8-36(13-18)20-10-27(3,11-20)25(38)39/h6-7,9,16-19H,4-5,8,10-14H2,1-3H3,(H,39,40)(H,34,35,36);7-8,10,17,19-21H,5-6,9,11-15H2,1-4H3,(H,36,37)(H,31,32,33);6-7,9,12,17-20H,4-5,8,10-11,13-15H2,1-3H3,(H,38,39)(H,33,34,35)/t16-,17+,19?,27?;17-,19+,21?,28?;17-,18+,20?,27?/m111/s1. The Morgan fingerprint density at radius 2 is 0.759 bits per heavy atom. The van der Waals surface area contributed by atoms with Crippen LogP contribution < -0.4 is 30.7 Å². The van der Waals surface area contributed by atoms with E-state index in [1.807, 2.05) is 82.8 Å². The van der Waals surface area contributed by atoms with Gasteiger partial charge in [0.15, 0.2) is 17.3 Å². The van der Waals surface area contributed by atoms with E-state index in [2.05, 4.69) is 68.5 Å². The zero-order valence-electron chi connectivity index (χ0n) is 67.3. The first-order chi connectivity index (χ1) is 54.6. The van der Waals surface area contributed by atoms with Crippen LogP contribution in [0.5, 0.6) is 0 Å². The SMILES string of the molecule is Cc1ccc([C@@H](C)Nc2nc(N3CC([C@H]4CCCN(C5CC(C)(C(=O)O)C5)C4)C3)nc(C(F)(F)F)c2Cl)c(Cl)c1.Cc1ccc([C@@H](C)Nc2nc(N3CC([C@H]4CCCN(C5CC(C)(C(=O)O)C5)C4)C3)nc(C)c2Cl)c(Cl)c1.Cc1ccc([C@@H](C)Nc2nc(N3CC([C@H]4CCCN(C5CC(C)(C(=O)O)C5)C4)C3)ncc2C(F)(F)F)c(Cl)c1. The Balaban J connectivity index is 0.000000151. The maximum Gasteiger partial charge on any atom is 0.435 e. The van der Waals surface area contributed by atoms with Crippen LogP contribution >= 0.6 is 58.0 Å². The zero-order chi connectivity index (χ0) is 83.6. The van der Waals surface area contributed by atoms with Gasteiger partial charge in [0.2, 0.25) is 17.8 Å². The molecule has 15 rings (SSSR count). The smallest absolute Gasteiger partial charge is 0.435 e. The van der Waals surface area contributed by atoms with Gasteiger partial charge in [-0.3, -0.25) is 14.4 Å². The van der Waals surface area contributed by atoms with Gasteiger partial charge in [-0.25, -0.2) is 15.0 Å². The average Bonchev–Trinajstić information content (AvgIpc) is 0.758. The number of likely N-dealkylation sites (tertiary alicyclic amines) is 3. The Kier molecular flexibility index (Phi) is 25.9. The van der Waals surface area contributed by atoms with Crippen LogP contribution in [0.3, 0.4) is 0 Å². The van der Waals surface area contributed by atoms with Crippen LogP contribution in [0.15, 0.2) is 60.8 Å². The number of piperidine rings is 3. The third-order valence-corrected chi connectivity index (χ3v) is 28.2. The van der Waals surface area contributed by atoms with Crippen LogP contribution in [-0.2, 0) is 26.7 Å². The highest BCUT2D eigenvalue weighted by Crippen LogP contribution is 2.51. The van der Waals surface area contributed by atoms with Crippen molar-refractivity contribution >= 4 is 111 Å². The normalized spacial score (nSPS) is 27.0. The molecule has 32 heteroatoms. The molecule has 0 unspecified atom stereocenters. The number of hydrogen-bond acceptors (Lipinski definition) is 18. The summed E-state index contributed by atoms with van der Waals surface area (Å²) in [5.74, 6) is 2.02. The lowest BCUT2D eigenvalue weighted by Crippen LogP contribution is -2.58. The van der Waals surface area contributed by atoms with Gasteiger partial charge in [-0.05, 0) is 253 Å². The third kappa shape index (κ3) is 19.1. The summed E-state index contributed by atoms with van der Waals surface area (Å²) >= 11 is 32.0. The molecule has 6 atom stereocenters. The van der Waals surface area contributed by atoms with Crippen LogP contribution in [0.2, 0.25) is 25.1 Å². The van der Waals surface area contributed by atoms with Crippen molar-refractivity contribution in [3.8, 4) is 0 Å². The van der Waals surface area contributed by atoms with Gasteiger partial charge in [0.25, 0.3) is 0 Å². The molecule has 3 aromatic carbocycles. The largest absolute Gasteiger partial charge is 0.481 e. The maximum atomic E-state index is 13.9. The minimum atomic E-state index is -4.74. The van der Waals surface area contributed by atoms with E-state index < -0.39 is 74.9 Å². The predicted molar refractivity (Wildman–Crippen MR) is 442 cm³/mol. The summed E-state index contributed by atoms with van der Waals surface area (Å²) in [6.45, 7) is 29.2. The highest BCUT2D eigenvalue weighted by atomic mass is 35.5. The number of alkyl halides is 6. The van der Waals surface area contributed by atoms with Crippen LogP contribution in [0, 0.1) is 79.4 Å². The molecule has 6 N–H and O–H groups in total. The molecule has 0 radical (unpaired) electrons. The molecule has 9 fully saturated rings. The third-order valence-electron chi connectivity index (χ3n) is 26.4. The van der Waals surface area contributed by atoms with Gasteiger partial charge in [-0.1, -0.05) is 94.4 Å². The number of aliphatic carboxylic acids is 3. The van der Waals surface area contributed by atoms with Crippen molar-refractivity contribution in [2.45, 2.75) is 195 Å². The first-order valence-corrected chi connectivity index (χ1v) is 42.4. The summed E-state index contributed by atoms with van der Waals surface area (Å²) in [4.78, 5) is 74.0. The Morgan fingerprint density at radius 3 is 1.09 bits per heavy atom. The second kappa shape index (κ2) is 34.6. The topological polar surface area (TPSA) is 245 Å². The number of hydrogen-bond donors (Lipinski definition) is 6. The molecule has 21 nitrogen and oxygen atoms in total. The van der Waals surface area contributed by atoms with Gasteiger partial charge in [0.1, 0.15) is 21.4 Å². The molecule has 3 aliphatic carbocycles. The van der Waals surface area contributed by atoms with Crippen molar-refractivity contribution in [2.24, 2.45) is 51.8 Å². The summed E-state index contributed by atoms with van der Waals surface area (Å²) in [5.41, 5.74) is 2.38. The molecule has 6 saturated heterocycles. The molecule has 6 aromatic rings. The van der Waals surface area contributed by atoms with E-state index in [0.29, 0.717) is 132 Å². The second-order valence-corrected chi connectivity index (χ2v) is 37.4. The van der Waals surface area contributed by atoms with Crippen molar-refractivity contribution in [1.82, 2.24) is 44.6 Å². The summed E-state index contributed by atoms with van der Waals surface area (Å²) in [6, 6.07) is 17.1. The molecular formula is C84H106Cl5F6N15O6. The number of aromatic nitrogens is 6. The summed E-state index contributed by atoms with van der Waals surface area (Å²) in [6.07, 6.45) is 2.44. The molecule has 9 heterocycles. The molecule has 630 valence electrons. The summed E-state index contributed by atoms with van der Waals surface area (Å²) in [5, 5.41) is 39.4. The number of carboxylic acid groups (broad SMARTS) is 3. The van der Waals surface area contributed by atoms with Crippen LogP contribution in [-0.4, -0.2) is 174 Å². The van der Waals surface area contributed by atoms with Crippen molar-refractivity contribution in [3.05, 3.63) is 136 Å². The lowest BCUT2D eigenvalue weighted by Gasteiger charge is -2.52.